The van der Waals surface area contributed by atoms with Crippen LogP contribution in [0, 0.1) is 0 Å². The van der Waals surface area contributed by atoms with Crippen molar-refractivity contribution in [1.82, 2.24) is 10.6 Å². The Kier molecular flexibility index (Phi) is 13.1. The molecule has 1 saturated heterocycles. The highest BCUT2D eigenvalue weighted by Gasteiger charge is 2.15. The maximum absolute atomic E-state index is 11.4. The van der Waals surface area contributed by atoms with Gasteiger partial charge in [-0.25, -0.2) is 8.42 Å². The Morgan fingerprint density at radius 2 is 2.13 bits per heavy atom. The van der Waals surface area contributed by atoms with Gasteiger partial charge in [-0.2, -0.15) is 0 Å². The number of sulfone groups is 1. The van der Waals surface area contributed by atoms with E-state index in [-0.39, 0.29) is 41.6 Å². The fourth-order valence-corrected chi connectivity index (χ4v) is 2.66. The van der Waals surface area contributed by atoms with E-state index in [1.54, 1.807) is 6.92 Å². The van der Waals surface area contributed by atoms with Gasteiger partial charge < -0.3 is 20.1 Å². The lowest BCUT2D eigenvalue weighted by molar-refractivity contribution is 0.0424. The minimum Gasteiger partial charge on any atom is -0.379 e. The molecule has 7 nitrogen and oxygen atoms in total. The van der Waals surface area contributed by atoms with Gasteiger partial charge in [0.1, 0.15) is 0 Å². The average Bonchev–Trinajstić information content (AvgIpc) is 3.00. The Morgan fingerprint density at radius 1 is 1.35 bits per heavy atom. The van der Waals surface area contributed by atoms with Crippen LogP contribution in [0.5, 0.6) is 0 Å². The SMILES string of the molecule is CCNC(=NCCCOC1CCOC1)NCCS(=O)(=O)CC.I. The van der Waals surface area contributed by atoms with Gasteiger partial charge in [0.15, 0.2) is 15.8 Å². The Balaban J connectivity index is 0.00000484. The highest BCUT2D eigenvalue weighted by molar-refractivity contribution is 14.0. The molecule has 0 bridgehead atoms. The maximum atomic E-state index is 11.4. The number of nitrogens with zero attached hydrogens (tertiary/aromatic N) is 1. The predicted molar refractivity (Wildman–Crippen MR) is 104 cm³/mol. The molecule has 0 aromatic carbocycles. The molecule has 2 N–H and O–H groups in total. The second kappa shape index (κ2) is 13.2. The standard InChI is InChI=1S/C14H29N3O4S.HI/c1-3-15-14(17-8-11-22(18,19)4-2)16-7-5-9-21-13-6-10-20-12-13;/h13H,3-12H2,1-2H3,(H2,15,16,17);1H. The van der Waals surface area contributed by atoms with E-state index in [1.165, 1.54) is 0 Å². The summed E-state index contributed by atoms with van der Waals surface area (Å²) in [5.41, 5.74) is 0. The maximum Gasteiger partial charge on any atom is 0.191 e. The molecule has 1 unspecified atom stereocenters. The zero-order valence-corrected chi connectivity index (χ0v) is 17.2. The quantitative estimate of drug-likeness (QED) is 0.216. The Hall–Kier alpha value is -0.130. The van der Waals surface area contributed by atoms with Crippen LogP contribution in [0.2, 0.25) is 0 Å². The molecule has 0 aliphatic carbocycles. The van der Waals surface area contributed by atoms with Crippen molar-refractivity contribution in [2.75, 3.05) is 51.0 Å². The van der Waals surface area contributed by atoms with Gasteiger partial charge in [0, 0.05) is 38.6 Å². The Bertz CT molecular complexity index is 426. The highest BCUT2D eigenvalue weighted by Crippen LogP contribution is 2.07. The van der Waals surface area contributed by atoms with Crippen LogP contribution in [0.4, 0.5) is 0 Å². The number of halogens is 1. The lowest BCUT2D eigenvalue weighted by Gasteiger charge is -2.12. The van der Waals surface area contributed by atoms with Gasteiger partial charge in [0.05, 0.1) is 18.5 Å². The summed E-state index contributed by atoms with van der Waals surface area (Å²) in [6.07, 6.45) is 2.04. The Morgan fingerprint density at radius 3 is 2.74 bits per heavy atom. The number of hydrogen-bond donors (Lipinski definition) is 2. The van der Waals surface area contributed by atoms with Crippen molar-refractivity contribution in [3.8, 4) is 0 Å². The van der Waals surface area contributed by atoms with Crippen LogP contribution in [-0.4, -0.2) is 71.4 Å². The summed E-state index contributed by atoms with van der Waals surface area (Å²) in [6, 6.07) is 0. The van der Waals surface area contributed by atoms with Crippen molar-refractivity contribution in [3.05, 3.63) is 0 Å². The zero-order valence-electron chi connectivity index (χ0n) is 14.0. The molecule has 23 heavy (non-hydrogen) atoms. The summed E-state index contributed by atoms with van der Waals surface area (Å²) in [5.74, 6) is 0.946. The fraction of sp³-hybridized carbons (Fsp3) is 0.929. The van der Waals surface area contributed by atoms with E-state index in [0.717, 1.165) is 26.0 Å². The zero-order chi connectivity index (χ0) is 16.3. The molecular weight excluding hydrogens is 433 g/mol. The molecule has 1 aliphatic rings. The van der Waals surface area contributed by atoms with Gasteiger partial charge >= 0.3 is 0 Å². The van der Waals surface area contributed by atoms with Crippen LogP contribution in [0.15, 0.2) is 4.99 Å². The predicted octanol–water partition coefficient (Wildman–Crippen LogP) is 0.790. The van der Waals surface area contributed by atoms with Gasteiger partial charge in [-0.3, -0.25) is 4.99 Å². The molecule has 1 rings (SSSR count). The molecular formula is C14H30IN3O4S. The highest BCUT2D eigenvalue weighted by atomic mass is 127. The van der Waals surface area contributed by atoms with Crippen LogP contribution in [0.3, 0.4) is 0 Å². The summed E-state index contributed by atoms with van der Waals surface area (Å²) in [6.45, 7) is 7.54. The minimum absolute atomic E-state index is 0. The minimum atomic E-state index is -2.95. The molecule has 0 spiro atoms. The monoisotopic (exact) mass is 463 g/mol. The Labute approximate surface area is 156 Å². The van der Waals surface area contributed by atoms with E-state index in [0.29, 0.717) is 32.3 Å². The van der Waals surface area contributed by atoms with Gasteiger partial charge in [0.25, 0.3) is 0 Å². The lowest BCUT2D eigenvalue weighted by Crippen LogP contribution is -2.39. The van der Waals surface area contributed by atoms with E-state index < -0.39 is 9.84 Å². The first-order valence-corrected chi connectivity index (χ1v) is 9.81. The van der Waals surface area contributed by atoms with Gasteiger partial charge in [-0.1, -0.05) is 6.92 Å². The summed E-state index contributed by atoms with van der Waals surface area (Å²) < 4.78 is 33.8. The molecule has 0 saturated carbocycles. The van der Waals surface area contributed by atoms with Gasteiger partial charge in [0.2, 0.25) is 0 Å². The van der Waals surface area contributed by atoms with E-state index in [1.807, 2.05) is 6.92 Å². The average molecular weight is 463 g/mol. The molecule has 9 heteroatoms. The molecule has 138 valence electrons. The molecule has 1 aliphatic heterocycles. The van der Waals surface area contributed by atoms with Crippen molar-refractivity contribution in [2.45, 2.75) is 32.8 Å². The third-order valence-electron chi connectivity index (χ3n) is 3.30. The number of rotatable bonds is 10. The molecule has 1 heterocycles. The first kappa shape index (κ1) is 22.9. The largest absolute Gasteiger partial charge is 0.379 e. The summed E-state index contributed by atoms with van der Waals surface area (Å²) in [4.78, 5) is 4.41. The number of nitrogens with one attached hydrogen (secondary N) is 2. The van der Waals surface area contributed by atoms with Crippen molar-refractivity contribution < 1.29 is 17.9 Å². The number of guanidine groups is 1. The molecule has 0 amide bonds. The number of ether oxygens (including phenoxy) is 2. The van der Waals surface area contributed by atoms with E-state index in [2.05, 4.69) is 15.6 Å². The third-order valence-corrected chi connectivity index (χ3v) is 5.01. The first-order chi connectivity index (χ1) is 10.6. The van der Waals surface area contributed by atoms with Gasteiger partial charge in [-0.15, -0.1) is 24.0 Å². The van der Waals surface area contributed by atoms with Crippen LogP contribution < -0.4 is 10.6 Å². The summed E-state index contributed by atoms with van der Waals surface area (Å²) in [5, 5.41) is 6.14. The molecule has 1 atom stereocenters. The van der Waals surface area contributed by atoms with Crippen molar-refractivity contribution in [3.63, 3.8) is 0 Å². The van der Waals surface area contributed by atoms with Crippen LogP contribution in [0.25, 0.3) is 0 Å². The fourth-order valence-electron chi connectivity index (χ4n) is 1.96. The van der Waals surface area contributed by atoms with Gasteiger partial charge in [-0.05, 0) is 19.8 Å². The first-order valence-electron chi connectivity index (χ1n) is 7.99. The van der Waals surface area contributed by atoms with Crippen molar-refractivity contribution >= 4 is 39.8 Å². The molecule has 0 aromatic heterocycles. The summed E-state index contributed by atoms with van der Waals surface area (Å²) in [7, 11) is -2.95. The molecule has 1 fully saturated rings. The van der Waals surface area contributed by atoms with E-state index in [4.69, 9.17) is 9.47 Å². The normalized spacial score (nSPS) is 18.5. The molecule has 0 aromatic rings. The summed E-state index contributed by atoms with van der Waals surface area (Å²) >= 11 is 0. The van der Waals surface area contributed by atoms with Crippen LogP contribution in [0.1, 0.15) is 26.7 Å². The second-order valence-corrected chi connectivity index (χ2v) is 7.61. The van der Waals surface area contributed by atoms with E-state index in [9.17, 15) is 8.42 Å². The number of aliphatic imine (C=N–C) groups is 1. The van der Waals surface area contributed by atoms with E-state index >= 15 is 0 Å². The second-order valence-electron chi connectivity index (χ2n) is 5.13. The topological polar surface area (TPSA) is 89.0 Å². The smallest absolute Gasteiger partial charge is 0.191 e. The van der Waals surface area contributed by atoms with Crippen LogP contribution >= 0.6 is 24.0 Å². The van der Waals surface area contributed by atoms with Crippen molar-refractivity contribution in [2.24, 2.45) is 4.99 Å². The third kappa shape index (κ3) is 11.1. The van der Waals surface area contributed by atoms with Crippen LogP contribution in [-0.2, 0) is 19.3 Å². The van der Waals surface area contributed by atoms with Crippen molar-refractivity contribution in [1.29, 1.82) is 0 Å². The molecule has 0 radical (unpaired) electrons. The number of hydrogen-bond acceptors (Lipinski definition) is 5. The lowest BCUT2D eigenvalue weighted by atomic mass is 10.3.